The van der Waals surface area contributed by atoms with Gasteiger partial charge in [-0.1, -0.05) is 34.6 Å². The van der Waals surface area contributed by atoms with Crippen LogP contribution in [-0.2, 0) is 23.9 Å². The largest absolute Gasteiger partial charge is 0.481 e. The predicted molar refractivity (Wildman–Crippen MR) is 119 cm³/mol. The van der Waals surface area contributed by atoms with Crippen molar-refractivity contribution in [3.05, 3.63) is 0 Å². The lowest BCUT2D eigenvalue weighted by Crippen LogP contribution is -2.51. The fraction of sp³-hybridized carbons (Fsp3) is 0.875. The standard InChI is InChI=1S/C24H44O6/c1-16(30-22(5,6)7)19(27)23(8,9)24(10,11)29-14-12-13-17(15-18(25)26)20(28)21(2,3)4/h16-17H,12-15H2,1-11H3,(H,25,26). The highest BCUT2D eigenvalue weighted by Gasteiger charge is 2.46. The van der Waals surface area contributed by atoms with E-state index in [1.807, 2.05) is 48.5 Å². The van der Waals surface area contributed by atoms with Crippen LogP contribution in [0.25, 0.3) is 0 Å². The molecule has 0 amide bonds. The van der Waals surface area contributed by atoms with E-state index in [4.69, 9.17) is 14.6 Å². The highest BCUT2D eigenvalue weighted by Crippen LogP contribution is 2.37. The number of hydrogen-bond donors (Lipinski definition) is 1. The zero-order valence-electron chi connectivity index (χ0n) is 21.0. The lowest BCUT2D eigenvalue weighted by atomic mass is 9.72. The van der Waals surface area contributed by atoms with E-state index in [0.29, 0.717) is 19.4 Å². The monoisotopic (exact) mass is 428 g/mol. The highest BCUT2D eigenvalue weighted by atomic mass is 16.5. The van der Waals surface area contributed by atoms with Gasteiger partial charge in [-0.25, -0.2) is 0 Å². The first-order chi connectivity index (χ1) is 13.2. The van der Waals surface area contributed by atoms with E-state index >= 15 is 0 Å². The smallest absolute Gasteiger partial charge is 0.304 e. The molecule has 2 atom stereocenters. The summed E-state index contributed by atoms with van der Waals surface area (Å²) in [6, 6.07) is 0. The topological polar surface area (TPSA) is 89.9 Å². The highest BCUT2D eigenvalue weighted by molar-refractivity contribution is 5.89. The molecule has 0 bridgehead atoms. The Morgan fingerprint density at radius 1 is 0.867 bits per heavy atom. The summed E-state index contributed by atoms with van der Waals surface area (Å²) in [6.45, 7) is 20.7. The Hall–Kier alpha value is -1.27. The van der Waals surface area contributed by atoms with Gasteiger partial charge in [0.05, 0.1) is 23.0 Å². The minimum Gasteiger partial charge on any atom is -0.481 e. The normalized spacial score (nSPS) is 15.6. The molecule has 6 nitrogen and oxygen atoms in total. The van der Waals surface area contributed by atoms with Crippen molar-refractivity contribution in [3.63, 3.8) is 0 Å². The first-order valence-corrected chi connectivity index (χ1v) is 10.8. The van der Waals surface area contributed by atoms with Gasteiger partial charge in [0.2, 0.25) is 0 Å². The van der Waals surface area contributed by atoms with Gasteiger partial charge in [0.15, 0.2) is 5.78 Å². The molecule has 0 heterocycles. The second-order valence-electron chi connectivity index (χ2n) is 11.3. The molecule has 176 valence electrons. The lowest BCUT2D eigenvalue weighted by Gasteiger charge is -2.42. The van der Waals surface area contributed by atoms with Crippen molar-refractivity contribution in [2.24, 2.45) is 16.7 Å². The van der Waals surface area contributed by atoms with Gasteiger partial charge in [0.25, 0.3) is 0 Å². The number of rotatable bonds is 12. The molecule has 0 aliphatic carbocycles. The van der Waals surface area contributed by atoms with Gasteiger partial charge >= 0.3 is 5.97 Å². The summed E-state index contributed by atoms with van der Waals surface area (Å²) in [5.74, 6) is -1.59. The lowest BCUT2D eigenvalue weighted by molar-refractivity contribution is -0.166. The third-order valence-electron chi connectivity index (χ3n) is 5.71. The quantitative estimate of drug-likeness (QED) is 0.437. The summed E-state index contributed by atoms with van der Waals surface area (Å²) in [4.78, 5) is 36.8. The van der Waals surface area contributed by atoms with Crippen molar-refractivity contribution >= 4 is 17.5 Å². The summed E-state index contributed by atoms with van der Waals surface area (Å²) in [5.41, 5.74) is -2.55. The molecule has 2 unspecified atom stereocenters. The zero-order valence-corrected chi connectivity index (χ0v) is 21.0. The zero-order chi connectivity index (χ0) is 24.1. The molecule has 0 aromatic heterocycles. The summed E-state index contributed by atoms with van der Waals surface area (Å²) in [6.07, 6.45) is 0.246. The third-order valence-corrected chi connectivity index (χ3v) is 5.71. The van der Waals surface area contributed by atoms with Crippen LogP contribution in [-0.4, -0.2) is 46.6 Å². The minimum atomic E-state index is -0.974. The molecule has 0 aromatic carbocycles. The van der Waals surface area contributed by atoms with Gasteiger partial charge < -0.3 is 14.6 Å². The molecule has 0 aliphatic heterocycles. The molecule has 0 saturated heterocycles. The first-order valence-electron chi connectivity index (χ1n) is 10.8. The van der Waals surface area contributed by atoms with Crippen LogP contribution in [0.2, 0.25) is 0 Å². The molecule has 0 radical (unpaired) electrons. The number of carboxylic acid groups (broad SMARTS) is 1. The van der Waals surface area contributed by atoms with Crippen LogP contribution in [0.15, 0.2) is 0 Å². The Bertz CT molecular complexity index is 604. The maximum atomic E-state index is 13.0. The molecular formula is C24H44O6. The van der Waals surface area contributed by atoms with E-state index in [0.717, 1.165) is 0 Å². The van der Waals surface area contributed by atoms with Crippen LogP contribution < -0.4 is 0 Å². The molecule has 0 rings (SSSR count). The van der Waals surface area contributed by atoms with E-state index in [9.17, 15) is 14.4 Å². The minimum absolute atomic E-state index is 0.0333. The van der Waals surface area contributed by atoms with Gasteiger partial charge in [-0.2, -0.15) is 0 Å². The van der Waals surface area contributed by atoms with Crippen molar-refractivity contribution < 1.29 is 29.0 Å². The summed E-state index contributed by atoms with van der Waals surface area (Å²) in [7, 11) is 0. The van der Waals surface area contributed by atoms with Gasteiger partial charge in [0.1, 0.15) is 11.9 Å². The molecule has 0 aliphatic rings. The number of carboxylic acids is 1. The molecular weight excluding hydrogens is 384 g/mol. The van der Waals surface area contributed by atoms with Gasteiger partial charge in [-0.05, 0) is 54.4 Å². The Morgan fingerprint density at radius 3 is 1.77 bits per heavy atom. The Morgan fingerprint density at radius 2 is 1.37 bits per heavy atom. The van der Waals surface area contributed by atoms with Crippen molar-refractivity contribution in [2.75, 3.05) is 6.61 Å². The van der Waals surface area contributed by atoms with Crippen molar-refractivity contribution in [3.8, 4) is 0 Å². The van der Waals surface area contributed by atoms with E-state index in [1.54, 1.807) is 27.7 Å². The number of Topliss-reactive ketones (excluding diaryl/α,β-unsaturated/α-hetero) is 2. The second kappa shape index (κ2) is 10.4. The second-order valence-corrected chi connectivity index (χ2v) is 11.3. The fourth-order valence-corrected chi connectivity index (χ4v) is 3.38. The van der Waals surface area contributed by atoms with Gasteiger partial charge in [0, 0.05) is 17.9 Å². The molecule has 6 heteroatoms. The van der Waals surface area contributed by atoms with Crippen molar-refractivity contribution in [2.45, 2.75) is 113 Å². The van der Waals surface area contributed by atoms with E-state index in [-0.39, 0.29) is 18.0 Å². The summed E-state index contributed by atoms with van der Waals surface area (Å²) in [5, 5.41) is 9.15. The van der Waals surface area contributed by atoms with Gasteiger partial charge in [-0.3, -0.25) is 14.4 Å². The number of ketones is 2. The average molecular weight is 429 g/mol. The van der Waals surface area contributed by atoms with Crippen LogP contribution in [0.5, 0.6) is 0 Å². The van der Waals surface area contributed by atoms with Crippen LogP contribution >= 0.6 is 0 Å². The SMILES string of the molecule is CC(OC(C)(C)C)C(=O)C(C)(C)C(C)(C)OCCCC(CC(=O)O)C(=O)C(C)(C)C. The van der Waals surface area contributed by atoms with Gasteiger partial charge in [-0.15, -0.1) is 0 Å². The van der Waals surface area contributed by atoms with E-state index < -0.39 is 40.0 Å². The van der Waals surface area contributed by atoms with Crippen LogP contribution in [0, 0.1) is 16.7 Å². The average Bonchev–Trinajstić information content (AvgIpc) is 2.53. The molecule has 0 saturated carbocycles. The third kappa shape index (κ3) is 8.84. The van der Waals surface area contributed by atoms with Crippen molar-refractivity contribution in [1.82, 2.24) is 0 Å². The predicted octanol–water partition coefficient (Wildman–Crippen LogP) is 5.07. The summed E-state index contributed by atoms with van der Waals surface area (Å²) < 4.78 is 11.9. The fourth-order valence-electron chi connectivity index (χ4n) is 3.38. The maximum Gasteiger partial charge on any atom is 0.304 e. The van der Waals surface area contributed by atoms with E-state index in [2.05, 4.69) is 0 Å². The number of carbonyl (C=O) groups is 3. The Balaban J connectivity index is 5.01. The van der Waals surface area contributed by atoms with E-state index in [1.165, 1.54) is 0 Å². The Kier molecular flexibility index (Phi) is 9.92. The van der Waals surface area contributed by atoms with Crippen LogP contribution in [0.4, 0.5) is 0 Å². The van der Waals surface area contributed by atoms with Crippen molar-refractivity contribution in [1.29, 1.82) is 0 Å². The molecule has 30 heavy (non-hydrogen) atoms. The first kappa shape index (κ1) is 28.7. The molecule has 1 N–H and O–H groups in total. The molecule has 0 aromatic rings. The number of hydrogen-bond acceptors (Lipinski definition) is 5. The number of aliphatic carboxylic acids is 1. The Labute approximate surface area is 183 Å². The van der Waals surface area contributed by atoms with Crippen LogP contribution in [0.1, 0.15) is 95.4 Å². The molecule has 0 spiro atoms. The number of carbonyl (C=O) groups excluding carboxylic acids is 2. The van der Waals surface area contributed by atoms with Crippen LogP contribution in [0.3, 0.4) is 0 Å². The number of ether oxygens (including phenoxy) is 2. The molecule has 0 fully saturated rings. The summed E-state index contributed by atoms with van der Waals surface area (Å²) >= 11 is 0. The maximum absolute atomic E-state index is 13.0.